The lowest BCUT2D eigenvalue weighted by molar-refractivity contribution is 0.0222. The topological polar surface area (TPSA) is 102 Å². The van der Waals surface area contributed by atoms with Gasteiger partial charge in [0.1, 0.15) is 4.90 Å². The van der Waals surface area contributed by atoms with E-state index in [1.54, 1.807) is 0 Å². The molecule has 1 aliphatic rings. The van der Waals surface area contributed by atoms with Gasteiger partial charge >= 0.3 is 0 Å². The summed E-state index contributed by atoms with van der Waals surface area (Å²) in [6.45, 7) is 0.263. The average molecular weight is 383 g/mol. The smallest absolute Gasteiger partial charge is 0.244 e. The number of hydrogen-bond donors (Lipinski definition) is 3. The number of hydrogen-bond acceptors (Lipinski definition) is 5. The Hall–Kier alpha value is -0.740. The zero-order chi connectivity index (χ0) is 15.7. The number of nitrogens with one attached hydrogen (secondary N) is 1. The molecule has 2 rings (SSSR count). The molecule has 1 fully saturated rings. The molecule has 1 heterocycles. The monoisotopic (exact) mass is 382 g/mol. The largest absolute Gasteiger partial charge is 0.399 e. The Morgan fingerprint density at radius 2 is 2.05 bits per heavy atom. The Bertz CT molecular complexity index is 632. The van der Waals surface area contributed by atoms with E-state index >= 15 is 0 Å². The number of aliphatic hydroxyl groups is 1. The van der Waals surface area contributed by atoms with Gasteiger partial charge in [-0.05, 0) is 40.9 Å². The highest BCUT2D eigenvalue weighted by Crippen LogP contribution is 2.29. The van der Waals surface area contributed by atoms with E-state index < -0.39 is 26.3 Å². The van der Waals surface area contributed by atoms with Gasteiger partial charge in [-0.3, -0.25) is 0 Å². The van der Waals surface area contributed by atoms with Crippen LogP contribution in [0.25, 0.3) is 0 Å². The zero-order valence-electron chi connectivity index (χ0n) is 11.1. The lowest BCUT2D eigenvalue weighted by atomic mass is 9.93. The van der Waals surface area contributed by atoms with E-state index in [1.807, 2.05) is 0 Å². The van der Waals surface area contributed by atoms with Crippen molar-refractivity contribution in [3.63, 3.8) is 0 Å². The average Bonchev–Trinajstić information content (AvgIpc) is 2.43. The third kappa shape index (κ3) is 3.54. The van der Waals surface area contributed by atoms with Gasteiger partial charge in [0, 0.05) is 18.9 Å². The number of anilines is 1. The summed E-state index contributed by atoms with van der Waals surface area (Å²) in [5, 5.41) is 9.52. The van der Waals surface area contributed by atoms with Crippen molar-refractivity contribution in [2.45, 2.75) is 23.3 Å². The number of halogens is 2. The lowest BCUT2D eigenvalue weighted by Crippen LogP contribution is -2.54. The van der Waals surface area contributed by atoms with Crippen LogP contribution in [0.15, 0.2) is 21.5 Å². The summed E-state index contributed by atoms with van der Waals surface area (Å²) in [5.74, 6) is -0.920. The minimum absolute atomic E-state index is 0.0344. The van der Waals surface area contributed by atoms with Crippen molar-refractivity contribution in [3.05, 3.63) is 22.4 Å². The Morgan fingerprint density at radius 3 is 2.62 bits per heavy atom. The Labute approximate surface area is 130 Å². The van der Waals surface area contributed by atoms with Gasteiger partial charge in [-0.25, -0.2) is 17.5 Å². The van der Waals surface area contributed by atoms with Gasteiger partial charge in [0.15, 0.2) is 5.82 Å². The number of sulfonamides is 1. The number of ether oxygens (including phenoxy) is 1. The number of nitrogens with two attached hydrogens (primary N) is 1. The molecule has 0 amide bonds. The molecule has 4 N–H and O–H groups in total. The predicted octanol–water partition coefficient (Wildman–Crippen LogP) is 0.990. The number of rotatable bonds is 4. The molecule has 1 saturated heterocycles. The van der Waals surface area contributed by atoms with E-state index in [1.165, 1.54) is 6.07 Å². The van der Waals surface area contributed by atoms with Crippen LogP contribution < -0.4 is 10.5 Å². The number of aliphatic hydroxyl groups excluding tert-OH is 1. The fourth-order valence-electron chi connectivity index (χ4n) is 2.17. The molecule has 6 nitrogen and oxygen atoms in total. The summed E-state index contributed by atoms with van der Waals surface area (Å²) in [5.41, 5.74) is 4.64. The molecule has 0 aliphatic carbocycles. The predicted molar refractivity (Wildman–Crippen MR) is 78.7 cm³/mol. The van der Waals surface area contributed by atoms with E-state index in [4.69, 9.17) is 10.5 Å². The van der Waals surface area contributed by atoms with Crippen LogP contribution in [0.5, 0.6) is 0 Å². The van der Waals surface area contributed by atoms with Crippen molar-refractivity contribution in [3.8, 4) is 0 Å². The van der Waals surface area contributed by atoms with Crippen molar-refractivity contribution in [1.82, 2.24) is 4.72 Å². The molecule has 0 bridgehead atoms. The van der Waals surface area contributed by atoms with Crippen LogP contribution in [-0.2, 0) is 14.8 Å². The summed E-state index contributed by atoms with van der Waals surface area (Å²) < 4.78 is 46.4. The molecule has 9 heteroatoms. The van der Waals surface area contributed by atoms with Crippen molar-refractivity contribution >= 4 is 31.6 Å². The number of nitrogen functional groups attached to an aromatic ring is 1. The van der Waals surface area contributed by atoms with E-state index in [0.29, 0.717) is 26.1 Å². The van der Waals surface area contributed by atoms with Gasteiger partial charge in [0.05, 0.1) is 16.6 Å². The van der Waals surface area contributed by atoms with Crippen LogP contribution in [0.1, 0.15) is 12.8 Å². The second kappa shape index (κ2) is 6.17. The maximum absolute atomic E-state index is 14.1. The molecule has 1 aromatic carbocycles. The third-order valence-electron chi connectivity index (χ3n) is 3.41. The first-order valence-corrected chi connectivity index (χ1v) is 8.54. The van der Waals surface area contributed by atoms with Gasteiger partial charge in [0.2, 0.25) is 10.0 Å². The van der Waals surface area contributed by atoms with Crippen molar-refractivity contribution in [1.29, 1.82) is 0 Å². The highest BCUT2D eigenvalue weighted by atomic mass is 79.9. The van der Waals surface area contributed by atoms with Crippen LogP contribution >= 0.6 is 15.9 Å². The SMILES string of the molecule is Nc1cc(Br)c(F)c(S(=O)(=O)NC2(CO)CCOCC2)c1. The standard InChI is InChI=1S/C12H16BrFN2O4S/c13-9-5-8(15)6-10(11(9)14)21(18,19)16-12(7-17)1-3-20-4-2-12/h5-6,16-17H,1-4,7,15H2. The number of benzene rings is 1. The summed E-state index contributed by atoms with van der Waals surface area (Å²) in [6, 6.07) is 2.33. The Balaban J connectivity index is 2.38. The molecular weight excluding hydrogens is 367 g/mol. The first-order valence-electron chi connectivity index (χ1n) is 6.27. The normalized spacial score (nSPS) is 18.6. The Morgan fingerprint density at radius 1 is 1.43 bits per heavy atom. The second-order valence-electron chi connectivity index (χ2n) is 4.97. The highest BCUT2D eigenvalue weighted by Gasteiger charge is 2.37. The van der Waals surface area contributed by atoms with E-state index in [2.05, 4.69) is 20.7 Å². The molecule has 1 aromatic rings. The molecular formula is C12H16BrFN2O4S. The first kappa shape index (κ1) is 16.6. The van der Waals surface area contributed by atoms with Crippen molar-refractivity contribution < 1.29 is 22.7 Å². The molecule has 118 valence electrons. The van der Waals surface area contributed by atoms with Crippen LogP contribution in [-0.4, -0.2) is 38.9 Å². The van der Waals surface area contributed by atoms with Crippen LogP contribution in [0.3, 0.4) is 0 Å². The quantitative estimate of drug-likeness (QED) is 0.674. The van der Waals surface area contributed by atoms with Crippen molar-refractivity contribution in [2.75, 3.05) is 25.6 Å². The molecule has 0 atom stereocenters. The Kier molecular flexibility index (Phi) is 4.89. The first-order chi connectivity index (χ1) is 9.80. The van der Waals surface area contributed by atoms with Gasteiger partial charge in [0.25, 0.3) is 0 Å². The summed E-state index contributed by atoms with van der Waals surface area (Å²) >= 11 is 2.93. The molecule has 0 spiro atoms. The molecule has 0 aromatic heterocycles. The van der Waals surface area contributed by atoms with Gasteiger partial charge in [-0.1, -0.05) is 0 Å². The maximum Gasteiger partial charge on any atom is 0.244 e. The fraction of sp³-hybridized carbons (Fsp3) is 0.500. The lowest BCUT2D eigenvalue weighted by Gasteiger charge is -2.35. The molecule has 0 saturated carbocycles. The fourth-order valence-corrected chi connectivity index (χ4v) is 4.37. The van der Waals surface area contributed by atoms with Crippen molar-refractivity contribution in [2.24, 2.45) is 0 Å². The van der Waals surface area contributed by atoms with E-state index in [0.717, 1.165) is 6.07 Å². The van der Waals surface area contributed by atoms with Crippen LogP contribution in [0.2, 0.25) is 0 Å². The third-order valence-corrected chi connectivity index (χ3v) is 5.56. The van der Waals surface area contributed by atoms with Gasteiger partial charge in [-0.15, -0.1) is 0 Å². The zero-order valence-corrected chi connectivity index (χ0v) is 13.5. The second-order valence-corrected chi connectivity index (χ2v) is 7.48. The van der Waals surface area contributed by atoms with Gasteiger partial charge in [-0.2, -0.15) is 0 Å². The molecule has 0 radical (unpaired) electrons. The maximum atomic E-state index is 14.1. The molecule has 21 heavy (non-hydrogen) atoms. The summed E-state index contributed by atoms with van der Waals surface area (Å²) in [6.07, 6.45) is 0.627. The molecule has 1 aliphatic heterocycles. The van der Waals surface area contributed by atoms with E-state index in [-0.39, 0.29) is 16.8 Å². The van der Waals surface area contributed by atoms with Crippen LogP contribution in [0, 0.1) is 5.82 Å². The summed E-state index contributed by atoms with van der Waals surface area (Å²) in [7, 11) is -4.16. The molecule has 0 unspecified atom stereocenters. The summed E-state index contributed by atoms with van der Waals surface area (Å²) in [4.78, 5) is -0.548. The van der Waals surface area contributed by atoms with E-state index in [9.17, 15) is 17.9 Å². The van der Waals surface area contributed by atoms with Crippen LogP contribution in [0.4, 0.5) is 10.1 Å². The minimum atomic E-state index is -4.16. The van der Waals surface area contributed by atoms with Gasteiger partial charge < -0.3 is 15.6 Å². The minimum Gasteiger partial charge on any atom is -0.399 e. The highest BCUT2D eigenvalue weighted by molar-refractivity contribution is 9.10.